The van der Waals surface area contributed by atoms with E-state index in [1.54, 1.807) is 42.3 Å². The van der Waals surface area contributed by atoms with Gasteiger partial charge in [-0.25, -0.2) is 17.2 Å². The topological polar surface area (TPSA) is 92.9 Å². The molecule has 1 saturated heterocycles. The summed E-state index contributed by atoms with van der Waals surface area (Å²) < 4.78 is 56.5. The quantitative estimate of drug-likeness (QED) is 0.587. The summed E-state index contributed by atoms with van der Waals surface area (Å²) in [4.78, 5) is 17.0. The summed E-state index contributed by atoms with van der Waals surface area (Å²) in [6.07, 6.45) is 0.682. The molecule has 0 aromatic heterocycles. The number of alkyl halides is 2. The Balaban J connectivity index is 1.18. The van der Waals surface area contributed by atoms with Crippen LogP contribution in [0.15, 0.2) is 42.5 Å². The summed E-state index contributed by atoms with van der Waals surface area (Å²) in [7, 11) is -1.58. The monoisotopic (exact) mass is 533 g/mol. The molecule has 5 rings (SSSR count). The fourth-order valence-corrected chi connectivity index (χ4v) is 7.84. The van der Waals surface area contributed by atoms with Crippen LogP contribution in [0.1, 0.15) is 48.8 Å². The van der Waals surface area contributed by atoms with E-state index in [9.17, 15) is 22.0 Å². The van der Waals surface area contributed by atoms with E-state index in [0.29, 0.717) is 63.2 Å². The zero-order chi connectivity index (χ0) is 26.6. The number of hydrogen-bond acceptors (Lipinski definition) is 6. The van der Waals surface area contributed by atoms with Crippen LogP contribution in [0, 0.1) is 0 Å². The summed E-state index contributed by atoms with van der Waals surface area (Å²) in [6.45, 7) is 2.43. The molecule has 2 aromatic carbocycles. The number of piperidine rings is 1. The normalized spacial score (nSPS) is 25.4. The van der Waals surface area contributed by atoms with Crippen LogP contribution < -0.4 is 15.4 Å². The molecule has 10 heteroatoms. The summed E-state index contributed by atoms with van der Waals surface area (Å²) in [6, 6.07) is 11.6. The number of rotatable bonds is 7. The molecule has 2 N–H and O–H groups in total. The molecule has 1 saturated carbocycles. The molecule has 1 aliphatic carbocycles. The number of ether oxygens (including phenoxy) is 1. The zero-order valence-corrected chi connectivity index (χ0v) is 21.9. The maximum absolute atomic E-state index is 13.3. The fraction of sp³-hybridized carbons (Fsp3) is 0.519. The summed E-state index contributed by atoms with van der Waals surface area (Å²) in [5.74, 6) is 0.634. The third kappa shape index (κ3) is 4.32. The highest BCUT2D eigenvalue weighted by Gasteiger charge is 2.52. The molecule has 0 unspecified atom stereocenters. The lowest BCUT2D eigenvalue weighted by molar-refractivity contribution is -0.124. The van der Waals surface area contributed by atoms with Crippen LogP contribution in [0.5, 0.6) is 5.75 Å². The number of likely N-dealkylation sites (N-methyl/N-ethyl adjacent to an activating group) is 1. The summed E-state index contributed by atoms with van der Waals surface area (Å²) >= 11 is 0. The molecule has 1 spiro atoms. The number of carbonyl (C=O) groups excluding carboxylic acids is 1. The lowest BCUT2D eigenvalue weighted by Crippen LogP contribution is -2.53. The Bertz CT molecular complexity index is 1290. The second-order valence-electron chi connectivity index (χ2n) is 10.7. The third-order valence-electron chi connectivity index (χ3n) is 8.52. The Hall–Kier alpha value is -2.56. The smallest absolute Gasteiger partial charge is 0.263 e. The highest BCUT2D eigenvalue weighted by atomic mass is 32.2. The molecule has 0 radical (unpaired) electrons. The van der Waals surface area contributed by atoms with Crippen molar-refractivity contribution in [1.29, 1.82) is 0 Å². The molecule has 0 atom stereocenters. The molecule has 3 aliphatic rings. The fourth-order valence-electron chi connectivity index (χ4n) is 6.24. The van der Waals surface area contributed by atoms with Crippen molar-refractivity contribution in [2.75, 3.05) is 44.4 Å². The molecular formula is C27H33F2N3O4S. The van der Waals surface area contributed by atoms with Gasteiger partial charge in [0.25, 0.3) is 6.43 Å². The number of hydrogen-bond donors (Lipinski definition) is 1. The number of nitrogens with two attached hydrogens (primary N) is 1. The number of benzene rings is 2. The number of nitrogens with zero attached hydrogens (tertiary/aromatic N) is 2. The Morgan fingerprint density at radius 3 is 2.32 bits per heavy atom. The summed E-state index contributed by atoms with van der Waals surface area (Å²) in [5, 5.41) is 0. The molecule has 2 aliphatic heterocycles. The van der Waals surface area contributed by atoms with E-state index in [2.05, 4.69) is 4.90 Å². The lowest BCUT2D eigenvalue weighted by Gasteiger charge is -2.44. The van der Waals surface area contributed by atoms with Gasteiger partial charge in [-0.2, -0.15) is 0 Å². The minimum absolute atomic E-state index is 0.0239. The summed E-state index contributed by atoms with van der Waals surface area (Å²) in [5.41, 5.74) is 7.28. The van der Waals surface area contributed by atoms with Crippen molar-refractivity contribution in [3.05, 3.63) is 59.2 Å². The first-order valence-electron chi connectivity index (χ1n) is 12.6. The van der Waals surface area contributed by atoms with Crippen molar-refractivity contribution in [3.8, 4) is 5.75 Å². The van der Waals surface area contributed by atoms with Crippen LogP contribution in [0.25, 0.3) is 0 Å². The number of likely N-dealkylation sites (tertiary alicyclic amines) is 1. The van der Waals surface area contributed by atoms with E-state index in [-0.39, 0.29) is 17.5 Å². The minimum atomic E-state index is -3.29. The van der Waals surface area contributed by atoms with E-state index >= 15 is 0 Å². The molecule has 2 fully saturated rings. The number of halogens is 2. The highest BCUT2D eigenvalue weighted by molar-refractivity contribution is 7.91. The molecule has 200 valence electrons. The van der Waals surface area contributed by atoms with E-state index in [1.807, 2.05) is 0 Å². The van der Waals surface area contributed by atoms with Crippen LogP contribution in [0.4, 0.5) is 14.5 Å². The predicted molar refractivity (Wildman–Crippen MR) is 138 cm³/mol. The van der Waals surface area contributed by atoms with Gasteiger partial charge in [-0.05, 0) is 74.2 Å². The van der Waals surface area contributed by atoms with Crippen molar-refractivity contribution < 1.29 is 26.7 Å². The van der Waals surface area contributed by atoms with Gasteiger partial charge in [0, 0.05) is 37.1 Å². The Morgan fingerprint density at radius 1 is 1.11 bits per heavy atom. The number of fused-ring (bicyclic) bond motifs is 2. The van der Waals surface area contributed by atoms with Gasteiger partial charge < -0.3 is 15.4 Å². The molecular weight excluding hydrogens is 500 g/mol. The lowest BCUT2D eigenvalue weighted by atomic mass is 9.73. The van der Waals surface area contributed by atoms with Crippen LogP contribution in [0.3, 0.4) is 0 Å². The minimum Gasteiger partial charge on any atom is -0.492 e. The van der Waals surface area contributed by atoms with E-state index in [0.717, 1.165) is 11.3 Å². The Morgan fingerprint density at radius 2 is 1.76 bits per heavy atom. The van der Waals surface area contributed by atoms with Crippen molar-refractivity contribution in [1.82, 2.24) is 4.90 Å². The molecule has 37 heavy (non-hydrogen) atoms. The van der Waals surface area contributed by atoms with Crippen LogP contribution in [-0.2, 0) is 24.8 Å². The molecule has 2 heterocycles. The van der Waals surface area contributed by atoms with Crippen molar-refractivity contribution in [3.63, 3.8) is 0 Å². The number of anilines is 1. The average molecular weight is 534 g/mol. The SMILES string of the molecule is CN1C(=O)C2(CCN(CCOc3ccc(C4(S(C)(=O)=O)CC(N)C4)cc3)CC2)c2cc(C(F)F)ccc21. The largest absolute Gasteiger partial charge is 0.492 e. The maximum atomic E-state index is 13.3. The first-order chi connectivity index (χ1) is 17.5. The molecule has 0 bridgehead atoms. The first-order valence-corrected chi connectivity index (χ1v) is 14.5. The Kier molecular flexibility index (Phi) is 6.57. The van der Waals surface area contributed by atoms with Crippen LogP contribution in [0.2, 0.25) is 0 Å². The van der Waals surface area contributed by atoms with Gasteiger partial charge in [-0.3, -0.25) is 9.69 Å². The Labute approximate surface area is 216 Å². The van der Waals surface area contributed by atoms with Crippen molar-refractivity contribution >= 4 is 21.4 Å². The second-order valence-corrected chi connectivity index (χ2v) is 13.0. The zero-order valence-electron chi connectivity index (χ0n) is 21.1. The third-order valence-corrected chi connectivity index (χ3v) is 10.5. The van der Waals surface area contributed by atoms with Gasteiger partial charge in [0.05, 0.1) is 10.2 Å². The number of amides is 1. The molecule has 1 amide bonds. The van der Waals surface area contributed by atoms with Gasteiger partial charge in [0.15, 0.2) is 9.84 Å². The number of sulfone groups is 1. The molecule has 7 nitrogen and oxygen atoms in total. The average Bonchev–Trinajstić information content (AvgIpc) is 3.04. The van der Waals surface area contributed by atoms with Crippen LogP contribution >= 0.6 is 0 Å². The number of carbonyl (C=O) groups is 1. The standard InChI is InChI=1S/C27H33F2N3O4S/c1-31-23-8-3-18(24(28)29)15-22(23)26(25(31)33)9-11-32(12-10-26)13-14-36-21-6-4-19(5-7-21)27(37(2,34)35)16-20(30)17-27/h3-8,15,20,24H,9-14,16-17,30H2,1-2H3. The molecule has 2 aromatic rings. The maximum Gasteiger partial charge on any atom is 0.263 e. The van der Waals surface area contributed by atoms with Gasteiger partial charge in [-0.15, -0.1) is 0 Å². The van der Waals surface area contributed by atoms with Gasteiger partial charge in [0.2, 0.25) is 5.91 Å². The van der Waals surface area contributed by atoms with Gasteiger partial charge >= 0.3 is 0 Å². The van der Waals surface area contributed by atoms with Gasteiger partial charge in [0.1, 0.15) is 12.4 Å². The van der Waals surface area contributed by atoms with E-state index in [1.165, 1.54) is 18.4 Å². The second kappa shape index (κ2) is 9.32. The van der Waals surface area contributed by atoms with E-state index in [4.69, 9.17) is 10.5 Å². The predicted octanol–water partition coefficient (Wildman–Crippen LogP) is 3.37. The van der Waals surface area contributed by atoms with Crippen molar-refractivity contribution in [2.45, 2.75) is 48.3 Å². The first kappa shape index (κ1) is 26.1. The van der Waals surface area contributed by atoms with Crippen molar-refractivity contribution in [2.24, 2.45) is 5.73 Å². The highest BCUT2D eigenvalue weighted by Crippen LogP contribution is 2.49. The van der Waals surface area contributed by atoms with E-state index < -0.39 is 26.4 Å². The van der Waals surface area contributed by atoms with Gasteiger partial charge in [-0.1, -0.05) is 18.2 Å². The van der Waals surface area contributed by atoms with Crippen LogP contribution in [-0.4, -0.2) is 64.8 Å².